The Balaban J connectivity index is 0.00000225. The zero-order valence-electron chi connectivity index (χ0n) is 14.9. The molecule has 0 saturated carbocycles. The molecule has 138 valence electrons. The predicted octanol–water partition coefficient (Wildman–Crippen LogP) is 1.95. The van der Waals surface area contributed by atoms with Gasteiger partial charge in [0.2, 0.25) is 5.91 Å². The minimum Gasteiger partial charge on any atom is -0.369 e. The van der Waals surface area contributed by atoms with Gasteiger partial charge in [0.1, 0.15) is 0 Å². The second kappa shape index (κ2) is 8.06. The highest BCUT2D eigenvalue weighted by Crippen LogP contribution is 2.18. The lowest BCUT2D eigenvalue weighted by Crippen LogP contribution is -2.60. The van der Waals surface area contributed by atoms with Crippen LogP contribution in [0.25, 0.3) is 0 Å². The Labute approximate surface area is 155 Å². The maximum atomic E-state index is 12.2. The van der Waals surface area contributed by atoms with Gasteiger partial charge in [-0.05, 0) is 26.0 Å². The summed E-state index contributed by atoms with van der Waals surface area (Å²) >= 11 is 0. The average molecular weight is 367 g/mol. The molecule has 1 aromatic carbocycles. The standard InChI is InChI=1S/C18H26N4O2.ClH/c1-18(2)14-16(23)22(17(24)19-18)13-10-20-8-11-21(12-9-20)15-6-4-3-5-7-15;/h3-7H,8-14H2,1-2H3,(H,19,24);1H. The first kappa shape index (κ1) is 19.5. The van der Waals surface area contributed by atoms with Crippen molar-refractivity contribution in [1.29, 1.82) is 0 Å². The van der Waals surface area contributed by atoms with Gasteiger partial charge in [-0.3, -0.25) is 14.6 Å². The fraction of sp³-hybridized carbons (Fsp3) is 0.556. The third kappa shape index (κ3) is 4.86. The van der Waals surface area contributed by atoms with Crippen molar-refractivity contribution in [2.24, 2.45) is 0 Å². The van der Waals surface area contributed by atoms with Crippen LogP contribution >= 0.6 is 12.4 Å². The van der Waals surface area contributed by atoms with Gasteiger partial charge in [-0.2, -0.15) is 0 Å². The van der Waals surface area contributed by atoms with E-state index in [-0.39, 0.29) is 24.3 Å². The molecule has 0 aliphatic carbocycles. The summed E-state index contributed by atoms with van der Waals surface area (Å²) in [5.74, 6) is -0.0772. The Kier molecular flexibility index (Phi) is 6.30. The number of anilines is 1. The molecule has 0 radical (unpaired) electrons. The normalized spacial score (nSPS) is 20.9. The van der Waals surface area contributed by atoms with Crippen LogP contribution in [0.5, 0.6) is 0 Å². The molecule has 3 amide bonds. The van der Waals surface area contributed by atoms with Crippen molar-refractivity contribution in [2.75, 3.05) is 44.2 Å². The van der Waals surface area contributed by atoms with Gasteiger partial charge < -0.3 is 10.2 Å². The van der Waals surface area contributed by atoms with Gasteiger partial charge in [-0.25, -0.2) is 4.79 Å². The van der Waals surface area contributed by atoms with E-state index in [0.717, 1.165) is 32.7 Å². The second-order valence-corrected chi connectivity index (χ2v) is 7.20. The summed E-state index contributed by atoms with van der Waals surface area (Å²) < 4.78 is 0. The predicted molar refractivity (Wildman–Crippen MR) is 101 cm³/mol. The number of halogens is 1. The lowest BCUT2D eigenvalue weighted by molar-refractivity contribution is -0.131. The molecule has 2 aliphatic heterocycles. The van der Waals surface area contributed by atoms with Gasteiger partial charge in [0.15, 0.2) is 0 Å². The second-order valence-electron chi connectivity index (χ2n) is 7.20. The minimum atomic E-state index is -0.439. The quantitative estimate of drug-likeness (QED) is 0.885. The van der Waals surface area contributed by atoms with Crippen molar-refractivity contribution in [1.82, 2.24) is 15.1 Å². The number of carbonyl (C=O) groups excluding carboxylic acids is 2. The maximum absolute atomic E-state index is 12.2. The SMILES string of the molecule is CC1(C)CC(=O)N(CCN2CCN(c3ccccc3)CC2)C(=O)N1.Cl. The summed E-state index contributed by atoms with van der Waals surface area (Å²) in [5, 5.41) is 2.89. The van der Waals surface area contributed by atoms with Crippen LogP contribution in [0, 0.1) is 0 Å². The van der Waals surface area contributed by atoms with Crippen molar-refractivity contribution in [3.63, 3.8) is 0 Å². The van der Waals surface area contributed by atoms with Gasteiger partial charge in [0.05, 0.1) is 0 Å². The molecule has 2 heterocycles. The summed E-state index contributed by atoms with van der Waals surface area (Å²) in [6, 6.07) is 10.1. The smallest absolute Gasteiger partial charge is 0.324 e. The van der Waals surface area contributed by atoms with Crippen molar-refractivity contribution >= 4 is 30.0 Å². The Morgan fingerprint density at radius 2 is 1.64 bits per heavy atom. The number of benzene rings is 1. The van der Waals surface area contributed by atoms with Crippen molar-refractivity contribution in [3.05, 3.63) is 30.3 Å². The number of carbonyl (C=O) groups is 2. The van der Waals surface area contributed by atoms with Crippen LogP contribution < -0.4 is 10.2 Å². The van der Waals surface area contributed by atoms with Gasteiger partial charge >= 0.3 is 6.03 Å². The summed E-state index contributed by atoms with van der Waals surface area (Å²) in [7, 11) is 0. The maximum Gasteiger partial charge on any atom is 0.324 e. The first-order valence-corrected chi connectivity index (χ1v) is 8.59. The minimum absolute atomic E-state index is 0. The number of imide groups is 1. The Morgan fingerprint density at radius 1 is 1.00 bits per heavy atom. The zero-order chi connectivity index (χ0) is 17.2. The molecule has 2 aliphatic rings. The van der Waals surface area contributed by atoms with Crippen molar-refractivity contribution in [3.8, 4) is 0 Å². The van der Waals surface area contributed by atoms with E-state index in [1.807, 2.05) is 19.9 Å². The molecule has 0 bridgehead atoms. The van der Waals surface area contributed by atoms with Crippen LogP contribution in [0.15, 0.2) is 30.3 Å². The van der Waals surface area contributed by atoms with Crippen molar-refractivity contribution in [2.45, 2.75) is 25.8 Å². The number of piperazine rings is 1. The number of hydrogen-bond donors (Lipinski definition) is 1. The van der Waals surface area contributed by atoms with E-state index in [1.165, 1.54) is 10.6 Å². The van der Waals surface area contributed by atoms with Gasteiger partial charge in [-0.1, -0.05) is 18.2 Å². The van der Waals surface area contributed by atoms with E-state index >= 15 is 0 Å². The fourth-order valence-corrected chi connectivity index (χ4v) is 3.32. The number of para-hydroxylation sites is 1. The number of amides is 3. The van der Waals surface area contributed by atoms with Crippen LogP contribution in [0.4, 0.5) is 10.5 Å². The largest absolute Gasteiger partial charge is 0.369 e. The lowest BCUT2D eigenvalue weighted by Gasteiger charge is -2.39. The summed E-state index contributed by atoms with van der Waals surface area (Å²) in [4.78, 5) is 30.3. The monoisotopic (exact) mass is 366 g/mol. The summed E-state index contributed by atoms with van der Waals surface area (Å²) in [5.41, 5.74) is 0.816. The average Bonchev–Trinajstić information content (AvgIpc) is 2.54. The Hall–Kier alpha value is -1.79. The zero-order valence-corrected chi connectivity index (χ0v) is 15.7. The first-order chi connectivity index (χ1) is 11.4. The van der Waals surface area contributed by atoms with Crippen molar-refractivity contribution < 1.29 is 9.59 Å². The highest BCUT2D eigenvalue weighted by Gasteiger charge is 2.36. The first-order valence-electron chi connectivity index (χ1n) is 8.59. The topological polar surface area (TPSA) is 55.9 Å². The number of rotatable bonds is 4. The summed E-state index contributed by atoms with van der Waals surface area (Å²) in [6.07, 6.45) is 0.362. The molecule has 1 N–H and O–H groups in total. The van der Waals surface area contributed by atoms with Crippen LogP contribution in [0.1, 0.15) is 20.3 Å². The van der Waals surface area contributed by atoms with E-state index in [9.17, 15) is 9.59 Å². The molecule has 2 saturated heterocycles. The third-order valence-corrected chi connectivity index (χ3v) is 4.72. The molecule has 0 spiro atoms. The van der Waals surface area contributed by atoms with Gasteiger partial charge in [-0.15, -0.1) is 12.4 Å². The fourth-order valence-electron chi connectivity index (χ4n) is 3.32. The van der Waals surface area contributed by atoms with Crippen LogP contribution in [-0.4, -0.2) is 66.5 Å². The third-order valence-electron chi connectivity index (χ3n) is 4.72. The molecule has 1 aromatic rings. The van der Waals surface area contributed by atoms with Crippen LogP contribution in [0.3, 0.4) is 0 Å². The molecule has 25 heavy (non-hydrogen) atoms. The van der Waals surface area contributed by atoms with Gasteiger partial charge in [0.25, 0.3) is 0 Å². The number of nitrogens with zero attached hydrogens (tertiary/aromatic N) is 3. The van der Waals surface area contributed by atoms with E-state index in [2.05, 4.69) is 39.4 Å². The van der Waals surface area contributed by atoms with Gasteiger partial charge in [0, 0.05) is 56.9 Å². The molecule has 0 aromatic heterocycles. The summed E-state index contributed by atoms with van der Waals surface area (Å²) in [6.45, 7) is 8.79. The van der Waals surface area contributed by atoms with Crippen LogP contribution in [0.2, 0.25) is 0 Å². The molecule has 0 atom stereocenters. The van der Waals surface area contributed by atoms with E-state index in [1.54, 1.807) is 0 Å². The molecular weight excluding hydrogens is 340 g/mol. The molecular formula is C18H27ClN4O2. The molecule has 6 nitrogen and oxygen atoms in total. The van der Waals surface area contributed by atoms with Crippen LogP contribution in [-0.2, 0) is 4.79 Å². The highest BCUT2D eigenvalue weighted by molar-refractivity contribution is 5.97. The number of nitrogens with one attached hydrogen (secondary N) is 1. The Bertz CT molecular complexity index is 580. The van der Waals surface area contributed by atoms with E-state index < -0.39 is 5.54 Å². The number of hydrogen-bond acceptors (Lipinski definition) is 4. The Morgan fingerprint density at radius 3 is 2.24 bits per heavy atom. The number of urea groups is 1. The van der Waals surface area contributed by atoms with E-state index in [0.29, 0.717) is 13.0 Å². The molecule has 3 rings (SSSR count). The molecule has 7 heteroatoms. The molecule has 0 unspecified atom stereocenters. The highest BCUT2D eigenvalue weighted by atomic mass is 35.5. The lowest BCUT2D eigenvalue weighted by atomic mass is 9.98. The molecule has 2 fully saturated rings. The van der Waals surface area contributed by atoms with E-state index in [4.69, 9.17) is 0 Å².